The van der Waals surface area contributed by atoms with E-state index in [4.69, 9.17) is 4.74 Å². The second-order valence-electron chi connectivity index (χ2n) is 6.88. The molecule has 0 saturated carbocycles. The average molecular weight is 445 g/mol. The number of carbonyl (C=O) groups is 3. The van der Waals surface area contributed by atoms with E-state index in [1.807, 2.05) is 12.1 Å². The number of nitrogens with zero attached hydrogens (tertiary/aromatic N) is 1. The molecule has 0 spiro atoms. The molecule has 1 aliphatic heterocycles. The Morgan fingerprint density at radius 3 is 2.61 bits per heavy atom. The SMILES string of the molecule is CCNC(=O)NC(=O)[C@H](C)OC(=O)c1cccc(S(=O)(=O)N2CCc3ccccc32)c1. The summed E-state index contributed by atoms with van der Waals surface area (Å²) in [6.45, 7) is 3.65. The maximum Gasteiger partial charge on any atom is 0.338 e. The minimum Gasteiger partial charge on any atom is -0.449 e. The van der Waals surface area contributed by atoms with E-state index in [1.165, 1.54) is 35.5 Å². The number of amides is 3. The number of para-hydroxylation sites is 1. The molecule has 2 N–H and O–H groups in total. The molecule has 0 bridgehead atoms. The lowest BCUT2D eigenvalue weighted by molar-refractivity contribution is -0.127. The number of hydrogen-bond acceptors (Lipinski definition) is 6. The lowest BCUT2D eigenvalue weighted by Crippen LogP contribution is -2.44. The van der Waals surface area contributed by atoms with E-state index in [1.54, 1.807) is 19.1 Å². The van der Waals surface area contributed by atoms with Gasteiger partial charge in [-0.05, 0) is 50.1 Å². The summed E-state index contributed by atoms with van der Waals surface area (Å²) in [7, 11) is -3.88. The zero-order chi connectivity index (χ0) is 22.6. The first-order valence-corrected chi connectivity index (χ1v) is 11.2. The topological polar surface area (TPSA) is 122 Å². The Labute approximate surface area is 180 Å². The molecule has 0 unspecified atom stereocenters. The molecule has 9 nitrogen and oxygen atoms in total. The van der Waals surface area contributed by atoms with Gasteiger partial charge in [-0.15, -0.1) is 0 Å². The van der Waals surface area contributed by atoms with Crippen molar-refractivity contribution >= 4 is 33.6 Å². The van der Waals surface area contributed by atoms with E-state index in [9.17, 15) is 22.8 Å². The van der Waals surface area contributed by atoms with Gasteiger partial charge in [0.15, 0.2) is 6.10 Å². The third-order valence-corrected chi connectivity index (χ3v) is 6.54. The molecule has 1 atom stereocenters. The average Bonchev–Trinajstić information content (AvgIpc) is 3.19. The zero-order valence-electron chi connectivity index (χ0n) is 17.1. The van der Waals surface area contributed by atoms with Gasteiger partial charge >= 0.3 is 12.0 Å². The normalized spacial score (nSPS) is 13.8. The molecular weight excluding hydrogens is 422 g/mol. The smallest absolute Gasteiger partial charge is 0.338 e. The van der Waals surface area contributed by atoms with Gasteiger partial charge in [0.2, 0.25) is 0 Å². The van der Waals surface area contributed by atoms with Crippen LogP contribution in [0.5, 0.6) is 0 Å². The highest BCUT2D eigenvalue weighted by Gasteiger charge is 2.31. The largest absolute Gasteiger partial charge is 0.449 e. The molecule has 3 amide bonds. The van der Waals surface area contributed by atoms with Crippen LogP contribution in [0.25, 0.3) is 0 Å². The first-order valence-electron chi connectivity index (χ1n) is 9.74. The van der Waals surface area contributed by atoms with Crippen LogP contribution in [0.15, 0.2) is 53.4 Å². The van der Waals surface area contributed by atoms with Gasteiger partial charge in [-0.3, -0.25) is 14.4 Å². The number of rotatable bonds is 6. The summed E-state index contributed by atoms with van der Waals surface area (Å²) < 4.78 is 32.7. The van der Waals surface area contributed by atoms with Gasteiger partial charge in [-0.2, -0.15) is 0 Å². The fourth-order valence-electron chi connectivity index (χ4n) is 3.17. The predicted octanol–water partition coefficient (Wildman–Crippen LogP) is 1.83. The Kier molecular flexibility index (Phi) is 6.59. The van der Waals surface area contributed by atoms with Gasteiger partial charge in [0.05, 0.1) is 16.1 Å². The molecule has 10 heteroatoms. The van der Waals surface area contributed by atoms with Crippen molar-refractivity contribution in [3.8, 4) is 0 Å². The summed E-state index contributed by atoms with van der Waals surface area (Å²) >= 11 is 0. The molecule has 0 fully saturated rings. The number of nitrogens with one attached hydrogen (secondary N) is 2. The number of ether oxygens (including phenoxy) is 1. The highest BCUT2D eigenvalue weighted by Crippen LogP contribution is 2.32. The Balaban J connectivity index is 1.75. The van der Waals surface area contributed by atoms with Crippen LogP contribution < -0.4 is 14.9 Å². The first kappa shape index (κ1) is 22.3. The number of imide groups is 1. The third-order valence-electron chi connectivity index (χ3n) is 4.73. The Morgan fingerprint density at radius 2 is 1.87 bits per heavy atom. The van der Waals surface area contributed by atoms with Crippen molar-refractivity contribution in [2.75, 3.05) is 17.4 Å². The predicted molar refractivity (Wildman–Crippen MR) is 113 cm³/mol. The van der Waals surface area contributed by atoms with Crippen molar-refractivity contribution in [3.05, 3.63) is 59.7 Å². The van der Waals surface area contributed by atoms with Crippen LogP contribution in [0.1, 0.15) is 29.8 Å². The van der Waals surface area contributed by atoms with Gasteiger partial charge in [-0.25, -0.2) is 18.0 Å². The van der Waals surface area contributed by atoms with Crippen molar-refractivity contribution in [3.63, 3.8) is 0 Å². The highest BCUT2D eigenvalue weighted by atomic mass is 32.2. The van der Waals surface area contributed by atoms with Crippen LogP contribution in [0.3, 0.4) is 0 Å². The summed E-state index contributed by atoms with van der Waals surface area (Å²) in [5.41, 5.74) is 1.53. The van der Waals surface area contributed by atoms with E-state index in [0.29, 0.717) is 25.2 Å². The van der Waals surface area contributed by atoms with Crippen LogP contribution in [-0.4, -0.2) is 45.5 Å². The number of anilines is 1. The minimum absolute atomic E-state index is 0.0220. The summed E-state index contributed by atoms with van der Waals surface area (Å²) in [5.74, 6) is -1.67. The molecule has 0 radical (unpaired) electrons. The Bertz CT molecular complexity index is 1120. The van der Waals surface area contributed by atoms with Gasteiger partial charge in [0.1, 0.15) is 0 Å². The third kappa shape index (κ3) is 4.85. The van der Waals surface area contributed by atoms with Gasteiger partial charge in [-0.1, -0.05) is 24.3 Å². The molecule has 3 rings (SSSR count). The van der Waals surface area contributed by atoms with Crippen LogP contribution >= 0.6 is 0 Å². The van der Waals surface area contributed by atoms with Crippen LogP contribution in [0, 0.1) is 0 Å². The fraction of sp³-hybridized carbons (Fsp3) is 0.286. The lowest BCUT2D eigenvalue weighted by atomic mass is 10.2. The standard InChI is InChI=1S/C21H23N3O6S/c1-3-22-21(27)23-19(25)14(2)30-20(26)16-8-6-9-17(13-16)31(28,29)24-12-11-15-7-4-5-10-18(15)24/h4-10,13-14H,3,11-12H2,1-2H3,(H2,22,23,25,27)/t14-/m0/s1. The van der Waals surface area contributed by atoms with E-state index < -0.39 is 34.0 Å². The number of sulfonamides is 1. The fourth-order valence-corrected chi connectivity index (χ4v) is 4.72. The molecule has 2 aromatic carbocycles. The lowest BCUT2D eigenvalue weighted by Gasteiger charge is -2.20. The Morgan fingerprint density at radius 1 is 1.13 bits per heavy atom. The number of benzene rings is 2. The zero-order valence-corrected chi connectivity index (χ0v) is 17.9. The number of esters is 1. The summed E-state index contributed by atoms with van der Waals surface area (Å²) in [6, 6.07) is 12.0. The van der Waals surface area contributed by atoms with E-state index in [0.717, 1.165) is 5.56 Å². The maximum atomic E-state index is 13.2. The van der Waals surface area contributed by atoms with Crippen LogP contribution in [0.2, 0.25) is 0 Å². The second kappa shape index (κ2) is 9.17. The van der Waals surface area contributed by atoms with Crippen molar-refractivity contribution in [1.82, 2.24) is 10.6 Å². The number of hydrogen-bond donors (Lipinski definition) is 2. The van der Waals surface area contributed by atoms with Gasteiger partial charge in [0.25, 0.3) is 15.9 Å². The highest BCUT2D eigenvalue weighted by molar-refractivity contribution is 7.92. The van der Waals surface area contributed by atoms with Crippen molar-refractivity contribution < 1.29 is 27.5 Å². The second-order valence-corrected chi connectivity index (χ2v) is 8.74. The molecular formula is C21H23N3O6S. The summed E-state index contributed by atoms with van der Waals surface area (Å²) in [4.78, 5) is 35.8. The maximum absolute atomic E-state index is 13.2. The molecule has 31 heavy (non-hydrogen) atoms. The molecule has 2 aromatic rings. The van der Waals surface area contributed by atoms with Gasteiger partial charge in [0, 0.05) is 13.1 Å². The minimum atomic E-state index is -3.88. The number of fused-ring (bicyclic) bond motifs is 1. The van der Waals surface area contributed by atoms with Crippen LogP contribution in [-0.2, 0) is 26.0 Å². The summed E-state index contributed by atoms with van der Waals surface area (Å²) in [5, 5.41) is 4.44. The van der Waals surface area contributed by atoms with Crippen molar-refractivity contribution in [2.45, 2.75) is 31.3 Å². The van der Waals surface area contributed by atoms with Gasteiger partial charge < -0.3 is 10.1 Å². The monoisotopic (exact) mass is 445 g/mol. The number of carbonyl (C=O) groups excluding carboxylic acids is 3. The van der Waals surface area contributed by atoms with Crippen LogP contribution in [0.4, 0.5) is 10.5 Å². The van der Waals surface area contributed by atoms with E-state index >= 15 is 0 Å². The summed E-state index contributed by atoms with van der Waals surface area (Å²) in [6.07, 6.45) is -0.643. The molecule has 0 saturated heterocycles. The molecule has 164 valence electrons. The van der Waals surface area contributed by atoms with E-state index in [2.05, 4.69) is 10.6 Å². The van der Waals surface area contributed by atoms with E-state index in [-0.39, 0.29) is 10.5 Å². The van der Waals surface area contributed by atoms with Crippen molar-refractivity contribution in [1.29, 1.82) is 0 Å². The molecule has 0 aromatic heterocycles. The number of urea groups is 1. The van der Waals surface area contributed by atoms with Crippen molar-refractivity contribution in [2.24, 2.45) is 0 Å². The molecule has 0 aliphatic carbocycles. The Hall–Kier alpha value is -3.40. The first-order chi connectivity index (χ1) is 14.7. The molecule has 1 heterocycles. The quantitative estimate of drug-likeness (QED) is 0.654. The molecule has 1 aliphatic rings.